The van der Waals surface area contributed by atoms with E-state index < -0.39 is 27.3 Å². The zero-order valence-corrected chi connectivity index (χ0v) is 22.1. The van der Waals surface area contributed by atoms with Crippen LogP contribution >= 0.6 is 11.3 Å². The minimum Gasteiger partial charge on any atom is -0.494 e. The van der Waals surface area contributed by atoms with Gasteiger partial charge in [-0.05, 0) is 54.7 Å². The standard InChI is InChI=1S/C24H29FN4O6S2/c1-34-19-9-15(5-8-18(19)25)10-26-23(31)21-27-22(30)20-16(13-36-24(20)28-21)12-35-11-14-3-6-17(7-4-14)29-37(2,32)33/h5,8-9,13-14,17,29H,3-4,6-7,10-12H2,1-2H3,(H,26,31)(H,27,28,30)/t14-,17-. The summed E-state index contributed by atoms with van der Waals surface area (Å²) in [5.74, 6) is -0.768. The van der Waals surface area contributed by atoms with Crippen molar-refractivity contribution in [1.29, 1.82) is 0 Å². The molecule has 1 aliphatic carbocycles. The Kier molecular flexibility index (Phi) is 8.57. The quantitative estimate of drug-likeness (QED) is 0.351. The molecule has 1 aliphatic rings. The van der Waals surface area contributed by atoms with Crippen LogP contribution in [0.25, 0.3) is 10.2 Å². The summed E-state index contributed by atoms with van der Waals surface area (Å²) in [5, 5.41) is 4.86. The van der Waals surface area contributed by atoms with Crippen LogP contribution in [-0.2, 0) is 27.9 Å². The smallest absolute Gasteiger partial charge is 0.287 e. The zero-order chi connectivity index (χ0) is 26.6. The number of fused-ring (bicyclic) bond motifs is 1. The molecule has 10 nitrogen and oxygen atoms in total. The first-order valence-electron chi connectivity index (χ1n) is 11.8. The Bertz CT molecular complexity index is 1430. The predicted molar refractivity (Wildman–Crippen MR) is 138 cm³/mol. The largest absolute Gasteiger partial charge is 0.494 e. The van der Waals surface area contributed by atoms with Gasteiger partial charge < -0.3 is 19.8 Å². The van der Waals surface area contributed by atoms with Gasteiger partial charge in [-0.15, -0.1) is 11.3 Å². The molecule has 0 aliphatic heterocycles. The lowest BCUT2D eigenvalue weighted by Crippen LogP contribution is -2.37. The number of rotatable bonds is 10. The molecule has 2 heterocycles. The van der Waals surface area contributed by atoms with Crippen LogP contribution in [0.5, 0.6) is 5.75 Å². The second-order valence-corrected chi connectivity index (χ2v) is 11.8. The Balaban J connectivity index is 1.32. The number of H-pyrrole nitrogens is 1. The van der Waals surface area contributed by atoms with Crippen molar-refractivity contribution in [3.05, 3.63) is 56.7 Å². The van der Waals surface area contributed by atoms with E-state index in [4.69, 9.17) is 9.47 Å². The molecule has 4 rings (SSSR count). The summed E-state index contributed by atoms with van der Waals surface area (Å²) in [6.07, 6.45) is 4.44. The van der Waals surface area contributed by atoms with E-state index in [2.05, 4.69) is 20.0 Å². The first-order chi connectivity index (χ1) is 17.6. The van der Waals surface area contributed by atoms with Gasteiger partial charge in [0, 0.05) is 24.8 Å². The van der Waals surface area contributed by atoms with E-state index in [1.165, 1.54) is 42.9 Å². The van der Waals surface area contributed by atoms with Gasteiger partial charge in [-0.25, -0.2) is 22.5 Å². The second-order valence-electron chi connectivity index (χ2n) is 9.13. The van der Waals surface area contributed by atoms with Crippen LogP contribution in [0, 0.1) is 11.7 Å². The molecule has 1 fully saturated rings. The predicted octanol–water partition coefficient (Wildman–Crippen LogP) is 2.69. The summed E-state index contributed by atoms with van der Waals surface area (Å²) in [6.45, 7) is 0.861. The molecular formula is C24H29FN4O6S2. The van der Waals surface area contributed by atoms with Crippen molar-refractivity contribution in [3.63, 3.8) is 0 Å². The monoisotopic (exact) mass is 552 g/mol. The Hall–Kier alpha value is -2.87. The molecule has 0 saturated heterocycles. The van der Waals surface area contributed by atoms with Crippen LogP contribution in [0.4, 0.5) is 4.39 Å². The number of nitrogens with zero attached hydrogens (tertiary/aromatic N) is 1. The average molecular weight is 553 g/mol. The van der Waals surface area contributed by atoms with E-state index in [1.54, 1.807) is 5.38 Å². The molecule has 0 spiro atoms. The number of aromatic amines is 1. The average Bonchev–Trinajstić information content (AvgIpc) is 3.27. The fraction of sp³-hybridized carbons (Fsp3) is 0.458. The van der Waals surface area contributed by atoms with Gasteiger partial charge in [0.2, 0.25) is 15.8 Å². The molecule has 3 aromatic rings. The number of carbonyl (C=O) groups excluding carboxylic acids is 1. The third kappa shape index (κ3) is 7.12. The lowest BCUT2D eigenvalue weighted by atomic mass is 9.87. The molecule has 13 heteroatoms. The maximum atomic E-state index is 13.6. The molecule has 2 aromatic heterocycles. The number of hydrogen-bond acceptors (Lipinski definition) is 8. The van der Waals surface area contributed by atoms with Gasteiger partial charge in [-0.1, -0.05) is 6.07 Å². The van der Waals surface area contributed by atoms with E-state index in [9.17, 15) is 22.4 Å². The Morgan fingerprint density at radius 3 is 2.73 bits per heavy atom. The molecule has 37 heavy (non-hydrogen) atoms. The lowest BCUT2D eigenvalue weighted by Gasteiger charge is -2.28. The summed E-state index contributed by atoms with van der Waals surface area (Å²) >= 11 is 1.26. The van der Waals surface area contributed by atoms with Crippen molar-refractivity contribution in [2.45, 2.75) is 44.9 Å². The van der Waals surface area contributed by atoms with Crippen LogP contribution in [0.3, 0.4) is 0 Å². The van der Waals surface area contributed by atoms with Crippen LogP contribution in [-0.4, -0.2) is 50.3 Å². The number of methoxy groups -OCH3 is 1. The molecule has 200 valence electrons. The van der Waals surface area contributed by atoms with Crippen molar-refractivity contribution in [2.24, 2.45) is 5.92 Å². The molecule has 3 N–H and O–H groups in total. The number of amides is 1. The highest BCUT2D eigenvalue weighted by atomic mass is 32.2. The number of thiophene rings is 1. The van der Waals surface area contributed by atoms with E-state index in [0.29, 0.717) is 33.9 Å². The summed E-state index contributed by atoms with van der Waals surface area (Å²) < 4.78 is 49.8. The topological polar surface area (TPSA) is 139 Å². The molecule has 0 radical (unpaired) electrons. The van der Waals surface area contributed by atoms with Crippen LogP contribution in [0.15, 0.2) is 28.4 Å². The van der Waals surface area contributed by atoms with Gasteiger partial charge in [0.1, 0.15) is 4.83 Å². The van der Waals surface area contributed by atoms with Crippen LogP contribution in [0.2, 0.25) is 0 Å². The molecule has 1 saturated carbocycles. The minimum absolute atomic E-state index is 0.0263. The number of sulfonamides is 1. The van der Waals surface area contributed by atoms with E-state index in [-0.39, 0.29) is 30.8 Å². The highest BCUT2D eigenvalue weighted by molar-refractivity contribution is 7.88. The molecule has 0 atom stereocenters. The van der Waals surface area contributed by atoms with Crippen LogP contribution < -0.4 is 20.3 Å². The Morgan fingerprint density at radius 1 is 1.27 bits per heavy atom. The van der Waals surface area contributed by atoms with Gasteiger partial charge in [0.15, 0.2) is 11.6 Å². The minimum atomic E-state index is -3.20. The number of aromatic nitrogens is 2. The van der Waals surface area contributed by atoms with Crippen LogP contribution in [0.1, 0.15) is 47.4 Å². The zero-order valence-electron chi connectivity index (χ0n) is 20.5. The highest BCUT2D eigenvalue weighted by Gasteiger charge is 2.23. The van der Waals surface area contributed by atoms with Crippen molar-refractivity contribution in [2.75, 3.05) is 20.0 Å². The normalized spacial score (nSPS) is 18.1. The summed E-state index contributed by atoms with van der Waals surface area (Å²) in [6, 6.07) is 4.24. The fourth-order valence-corrected chi connectivity index (χ4v) is 6.15. The summed E-state index contributed by atoms with van der Waals surface area (Å²) in [4.78, 5) is 32.6. The van der Waals surface area contributed by atoms with E-state index >= 15 is 0 Å². The molecular weight excluding hydrogens is 523 g/mol. The fourth-order valence-electron chi connectivity index (χ4n) is 4.39. The number of hydrogen-bond donors (Lipinski definition) is 3. The highest BCUT2D eigenvalue weighted by Crippen LogP contribution is 2.26. The van der Waals surface area contributed by atoms with E-state index in [1.807, 2.05) is 0 Å². The van der Waals surface area contributed by atoms with Crippen molar-refractivity contribution < 1.29 is 27.1 Å². The van der Waals surface area contributed by atoms with Gasteiger partial charge in [0.25, 0.3) is 11.5 Å². The number of halogens is 1. The maximum absolute atomic E-state index is 13.6. The number of carbonyl (C=O) groups is 1. The number of nitrogens with one attached hydrogen (secondary N) is 3. The van der Waals surface area contributed by atoms with Crippen molar-refractivity contribution in [3.8, 4) is 5.75 Å². The second kappa shape index (κ2) is 11.7. The summed E-state index contributed by atoms with van der Waals surface area (Å²) in [7, 11) is -1.84. The molecule has 0 unspecified atom stereocenters. The molecule has 1 aromatic carbocycles. The third-order valence-corrected chi connectivity index (χ3v) is 7.92. The third-order valence-electron chi connectivity index (χ3n) is 6.24. The summed E-state index contributed by atoms with van der Waals surface area (Å²) in [5.41, 5.74) is 0.906. The Morgan fingerprint density at radius 2 is 2.03 bits per heavy atom. The molecule has 1 amide bonds. The van der Waals surface area contributed by atoms with Gasteiger partial charge in [-0.3, -0.25) is 9.59 Å². The van der Waals surface area contributed by atoms with Gasteiger partial charge in [0.05, 0.1) is 25.4 Å². The Labute approximate surface area is 217 Å². The first kappa shape index (κ1) is 27.2. The van der Waals surface area contributed by atoms with Gasteiger partial charge in [-0.2, -0.15) is 0 Å². The maximum Gasteiger partial charge on any atom is 0.287 e. The molecule has 0 bridgehead atoms. The number of benzene rings is 1. The first-order valence-corrected chi connectivity index (χ1v) is 14.6. The SMILES string of the molecule is COc1cc(CNC(=O)c2nc3scc(COC[C@H]4CC[C@H](NS(C)(=O)=O)CC4)c3c(=O)[nH]2)ccc1F. The lowest BCUT2D eigenvalue weighted by molar-refractivity contribution is 0.0719. The van der Waals surface area contributed by atoms with Crippen molar-refractivity contribution in [1.82, 2.24) is 20.0 Å². The van der Waals surface area contributed by atoms with Crippen molar-refractivity contribution >= 4 is 37.5 Å². The van der Waals surface area contributed by atoms with E-state index in [0.717, 1.165) is 25.7 Å². The van der Waals surface area contributed by atoms with Gasteiger partial charge >= 0.3 is 0 Å². The number of ether oxygens (including phenoxy) is 2.